The lowest BCUT2D eigenvalue weighted by atomic mass is 9.88. The summed E-state index contributed by atoms with van der Waals surface area (Å²) < 4.78 is 34.1. The lowest BCUT2D eigenvalue weighted by molar-refractivity contribution is -0.381. The van der Waals surface area contributed by atoms with Crippen molar-refractivity contribution < 1.29 is 88.8 Å². The van der Waals surface area contributed by atoms with E-state index >= 15 is 0 Å². The number of rotatable bonds is 18. The minimum Gasteiger partial charge on any atom is -0.477 e. The van der Waals surface area contributed by atoms with E-state index in [2.05, 4.69) is 30.7 Å². The number of hydrogen-bond acceptors (Lipinski definition) is 19. The van der Waals surface area contributed by atoms with Gasteiger partial charge in [0, 0.05) is 43.2 Å². The zero-order valence-corrected chi connectivity index (χ0v) is 29.0. The molecule has 2 amide bonds. The highest BCUT2D eigenvalue weighted by atomic mass is 16.8. The number of aliphatic carboxylic acids is 1. The molecule has 26 nitrogen and oxygen atoms in total. The number of carbonyl (C=O) groups is 3. The quantitative estimate of drug-likeness (QED) is 0.0268. The Labute approximate surface area is 305 Å². The topological polar surface area (TPSA) is 410 Å². The van der Waals surface area contributed by atoms with Crippen molar-refractivity contribution in [3.05, 3.63) is 20.9 Å². The van der Waals surface area contributed by atoms with E-state index in [0.29, 0.717) is 0 Å². The van der Waals surface area contributed by atoms with Gasteiger partial charge >= 0.3 is 5.97 Å². The van der Waals surface area contributed by atoms with Crippen LogP contribution in [-0.2, 0) is 42.8 Å². The molecule has 3 saturated heterocycles. The molecule has 0 spiro atoms. The summed E-state index contributed by atoms with van der Waals surface area (Å²) in [6.45, 7) is -0.521. The van der Waals surface area contributed by atoms with Crippen LogP contribution >= 0.6 is 0 Å². The Morgan fingerprint density at radius 2 is 1.46 bits per heavy atom. The molecule has 11 N–H and O–H groups in total. The molecule has 16 atom stereocenters. The molecular formula is C28H46N8O18. The molecule has 3 fully saturated rings. The molecule has 0 unspecified atom stereocenters. The first-order valence-electron chi connectivity index (χ1n) is 16.6. The molecule has 0 bridgehead atoms. The molecule has 306 valence electrons. The maximum Gasteiger partial charge on any atom is 0.364 e. The van der Waals surface area contributed by atoms with Crippen LogP contribution in [0.5, 0.6) is 0 Å². The average molecular weight is 783 g/mol. The van der Waals surface area contributed by atoms with E-state index in [1.165, 1.54) is 0 Å². The molecule has 3 heterocycles. The van der Waals surface area contributed by atoms with Gasteiger partial charge in [0.1, 0.15) is 61.0 Å². The zero-order valence-electron chi connectivity index (χ0n) is 29.0. The molecule has 0 aliphatic carbocycles. The van der Waals surface area contributed by atoms with E-state index in [4.69, 9.17) is 39.5 Å². The summed E-state index contributed by atoms with van der Waals surface area (Å²) in [6, 6.07) is -2.99. The van der Waals surface area contributed by atoms with E-state index in [1.807, 2.05) is 0 Å². The van der Waals surface area contributed by atoms with Crippen molar-refractivity contribution in [2.45, 2.75) is 124 Å². The van der Waals surface area contributed by atoms with Crippen LogP contribution in [0.4, 0.5) is 0 Å². The fraction of sp³-hybridized carbons (Fsp3) is 0.893. The Morgan fingerprint density at radius 1 is 0.889 bits per heavy atom. The summed E-state index contributed by atoms with van der Waals surface area (Å²) in [5.41, 5.74) is 17.1. The van der Waals surface area contributed by atoms with Crippen molar-refractivity contribution in [2.24, 2.45) is 10.2 Å². The predicted octanol–water partition coefficient (Wildman–Crippen LogP) is -5.04. The van der Waals surface area contributed by atoms with Gasteiger partial charge in [0.25, 0.3) is 5.79 Å². The SMILES string of the molecule is CC(=O)N[C@H]1[C@@H](OCCCN=[N+]=[N-])O[C@H](CO)[C@H](O)[C@@H]1O[C@@H]1O[C@H](CO)[C@H](O)[C@H](O[C@]2(C(=O)O)C[C@H](O)[C@@H](NC(C)=O)[C@H]([C@H](O)[C@H](O)CN=[N+]=[N-])O2)[C@H]1O. The number of hydrogen-bond donors (Lipinski definition) is 11. The minimum absolute atomic E-state index is 0.0247. The standard InChI is InChI=1S/C28H46N8O18/c1-10(39)33-16-12(41)6-28(27(47)48,53-23(16)18(43)13(42)7-32-36-30)54-24-20(45)15(9-38)51-26(21(24)46)52-22-17(34-11(2)40)25(49-5-3-4-31-35-29)50-14(8-37)19(22)44/h12-26,37-38,41-46H,3-9H2,1-2H3,(H,33,39)(H,34,40)(H,47,48)/t12-,13+,14+,15+,16+,17+,18+,19-,20-,21+,22+,23+,24-,25-,26-,28-/m0/s1. The zero-order chi connectivity index (χ0) is 40.3. The second-order valence-corrected chi connectivity index (χ2v) is 12.6. The molecule has 3 aliphatic rings. The number of nitrogens with one attached hydrogen (secondary N) is 2. The molecule has 54 heavy (non-hydrogen) atoms. The number of carboxylic acids is 1. The maximum absolute atomic E-state index is 12.9. The molecule has 0 saturated carbocycles. The fourth-order valence-corrected chi connectivity index (χ4v) is 6.19. The first kappa shape index (κ1) is 44.9. The van der Waals surface area contributed by atoms with Gasteiger partial charge in [0.05, 0.1) is 38.0 Å². The van der Waals surface area contributed by atoms with Crippen LogP contribution in [0.3, 0.4) is 0 Å². The molecule has 26 heteroatoms. The Bertz CT molecular complexity index is 1370. The van der Waals surface area contributed by atoms with Gasteiger partial charge in [-0.3, -0.25) is 9.59 Å². The van der Waals surface area contributed by atoms with Crippen molar-refractivity contribution in [1.29, 1.82) is 0 Å². The summed E-state index contributed by atoms with van der Waals surface area (Å²) in [7, 11) is 0. The van der Waals surface area contributed by atoms with Crippen LogP contribution in [0.1, 0.15) is 26.7 Å². The van der Waals surface area contributed by atoms with E-state index in [-0.39, 0.29) is 19.6 Å². The average Bonchev–Trinajstić information content (AvgIpc) is 3.12. The summed E-state index contributed by atoms with van der Waals surface area (Å²) in [5.74, 6) is -6.53. The third-order valence-corrected chi connectivity index (χ3v) is 8.74. The van der Waals surface area contributed by atoms with Crippen LogP contribution in [0, 0.1) is 0 Å². The summed E-state index contributed by atoms with van der Waals surface area (Å²) in [4.78, 5) is 42.1. The first-order valence-corrected chi connectivity index (χ1v) is 16.6. The van der Waals surface area contributed by atoms with Crippen molar-refractivity contribution in [2.75, 3.05) is 32.9 Å². The first-order chi connectivity index (χ1) is 25.5. The van der Waals surface area contributed by atoms with Crippen molar-refractivity contribution >= 4 is 17.8 Å². The van der Waals surface area contributed by atoms with Gasteiger partial charge in [0.15, 0.2) is 12.6 Å². The van der Waals surface area contributed by atoms with Gasteiger partial charge < -0.3 is 85.0 Å². The number of azide groups is 2. The Hall–Kier alpha value is -3.53. The Morgan fingerprint density at radius 3 is 2.02 bits per heavy atom. The van der Waals surface area contributed by atoms with Gasteiger partial charge in [-0.2, -0.15) is 0 Å². The van der Waals surface area contributed by atoms with E-state index in [1.54, 1.807) is 0 Å². The van der Waals surface area contributed by atoms with Crippen LogP contribution in [0.15, 0.2) is 10.2 Å². The van der Waals surface area contributed by atoms with Gasteiger partial charge in [-0.25, -0.2) is 4.79 Å². The third-order valence-electron chi connectivity index (χ3n) is 8.74. The number of aliphatic hydroxyl groups excluding tert-OH is 8. The second-order valence-electron chi connectivity index (χ2n) is 12.6. The fourth-order valence-electron chi connectivity index (χ4n) is 6.19. The van der Waals surface area contributed by atoms with Crippen LogP contribution in [-0.4, -0.2) is 194 Å². The van der Waals surface area contributed by atoms with E-state index in [9.17, 15) is 60.3 Å². The van der Waals surface area contributed by atoms with E-state index in [0.717, 1.165) is 13.8 Å². The number of carbonyl (C=O) groups excluding carboxylic acids is 2. The predicted molar refractivity (Wildman–Crippen MR) is 171 cm³/mol. The van der Waals surface area contributed by atoms with Crippen LogP contribution in [0.25, 0.3) is 20.9 Å². The number of aliphatic hydroxyl groups is 8. The van der Waals surface area contributed by atoms with E-state index < -0.39 is 142 Å². The van der Waals surface area contributed by atoms with Gasteiger partial charge in [-0.05, 0) is 17.5 Å². The summed E-state index contributed by atoms with van der Waals surface area (Å²) in [5, 5.41) is 108. The smallest absolute Gasteiger partial charge is 0.364 e. The minimum atomic E-state index is -3.08. The monoisotopic (exact) mass is 782 g/mol. The lowest BCUT2D eigenvalue weighted by Crippen LogP contribution is -2.71. The number of carboxylic acid groups (broad SMARTS) is 1. The largest absolute Gasteiger partial charge is 0.477 e. The van der Waals surface area contributed by atoms with Gasteiger partial charge in [-0.1, -0.05) is 10.2 Å². The Balaban J connectivity index is 1.98. The van der Waals surface area contributed by atoms with Crippen LogP contribution in [0.2, 0.25) is 0 Å². The highest BCUT2D eigenvalue weighted by Crippen LogP contribution is 2.38. The lowest BCUT2D eigenvalue weighted by Gasteiger charge is -2.51. The van der Waals surface area contributed by atoms with Crippen LogP contribution < -0.4 is 10.6 Å². The van der Waals surface area contributed by atoms with Crippen molar-refractivity contribution in [1.82, 2.24) is 10.6 Å². The molecule has 0 radical (unpaired) electrons. The molecule has 0 aromatic heterocycles. The number of amides is 2. The normalized spacial score (nSPS) is 37.9. The molecule has 3 aliphatic heterocycles. The molecule has 0 aromatic carbocycles. The van der Waals surface area contributed by atoms with Crippen molar-refractivity contribution in [3.8, 4) is 0 Å². The van der Waals surface area contributed by atoms with Gasteiger partial charge in [0.2, 0.25) is 11.8 Å². The van der Waals surface area contributed by atoms with Crippen molar-refractivity contribution in [3.63, 3.8) is 0 Å². The number of ether oxygens (including phenoxy) is 6. The highest BCUT2D eigenvalue weighted by molar-refractivity contribution is 5.76. The number of nitrogens with zero attached hydrogens (tertiary/aromatic N) is 6. The molecule has 3 rings (SSSR count). The van der Waals surface area contributed by atoms with Gasteiger partial charge in [-0.15, -0.1) is 0 Å². The second kappa shape index (κ2) is 20.4. The Kier molecular flexibility index (Phi) is 17.0. The molecular weight excluding hydrogens is 736 g/mol. The summed E-state index contributed by atoms with van der Waals surface area (Å²) >= 11 is 0. The molecule has 0 aromatic rings. The third kappa shape index (κ3) is 10.8. The highest BCUT2D eigenvalue weighted by Gasteiger charge is 2.60. The summed E-state index contributed by atoms with van der Waals surface area (Å²) in [6.07, 6.45) is -25.3. The maximum atomic E-state index is 12.9.